The summed E-state index contributed by atoms with van der Waals surface area (Å²) in [6, 6.07) is -1.20. The van der Waals surface area contributed by atoms with Gasteiger partial charge in [0.05, 0.1) is 25.4 Å². The molecule has 1 amide bonds. The summed E-state index contributed by atoms with van der Waals surface area (Å²) >= 11 is 0. The highest BCUT2D eigenvalue weighted by Crippen LogP contribution is 2.23. The van der Waals surface area contributed by atoms with Gasteiger partial charge in [-0.3, -0.25) is 4.79 Å². The van der Waals surface area contributed by atoms with Gasteiger partial charge in [-0.1, -0.05) is 229 Å². The Balaban J connectivity index is 2.27. The summed E-state index contributed by atoms with van der Waals surface area (Å²) in [7, 11) is 0. The maximum atomic E-state index is 13.1. The number of allylic oxidation sites excluding steroid dienone is 8. The Morgan fingerprint density at radius 3 is 1.23 bits per heavy atom. The molecular weight excluding hydrogens is 919 g/mol. The fraction of sp³-hybridized carbons (Fsp3) is 0.855. The summed E-state index contributed by atoms with van der Waals surface area (Å²) in [4.78, 5) is 13.1. The molecule has 0 aromatic rings. The standard InChI is InChI=1S/C62H115NO10/c1-3-5-7-9-11-13-15-17-19-20-21-22-23-24-25-26-27-28-29-30-31-32-33-34-35-36-38-39-41-43-45-47-49-54(65)57(67)53(52-72-62-60(70)59(69)58(68)56(51-64)73-62)63-61(71)55(66)50-48-46-44-42-40-37-18-16-14-12-10-8-6-4-2/h14,16,31-32,35-36,41,43,53-60,62,64-70H,3-13,15,17-30,33-34,37-40,42,44-52H2,1-2H3,(H,63,71)/b16-14-,32-31+,36-35+,43-41+. The first kappa shape index (κ1) is 69.1. The van der Waals surface area contributed by atoms with Crippen LogP contribution in [0.5, 0.6) is 0 Å². The number of hydrogen-bond donors (Lipinski definition) is 8. The minimum Gasteiger partial charge on any atom is -0.394 e. The van der Waals surface area contributed by atoms with Crippen LogP contribution in [0.25, 0.3) is 0 Å². The van der Waals surface area contributed by atoms with Crippen LogP contribution >= 0.6 is 0 Å². The smallest absolute Gasteiger partial charge is 0.249 e. The number of rotatable bonds is 52. The van der Waals surface area contributed by atoms with Gasteiger partial charge in [-0.05, 0) is 89.9 Å². The van der Waals surface area contributed by atoms with E-state index in [1.54, 1.807) is 0 Å². The molecule has 1 saturated heterocycles. The van der Waals surface area contributed by atoms with Crippen LogP contribution in [-0.4, -0.2) is 110 Å². The minimum atomic E-state index is -1.68. The van der Waals surface area contributed by atoms with Gasteiger partial charge in [0.15, 0.2) is 6.29 Å². The van der Waals surface area contributed by atoms with Gasteiger partial charge in [-0.2, -0.15) is 0 Å². The third-order valence-electron chi connectivity index (χ3n) is 14.6. The lowest BCUT2D eigenvalue weighted by Gasteiger charge is -2.40. The molecule has 1 heterocycles. The Labute approximate surface area is 447 Å². The van der Waals surface area contributed by atoms with Crippen LogP contribution in [0.2, 0.25) is 0 Å². The predicted molar refractivity (Wildman–Crippen MR) is 302 cm³/mol. The lowest BCUT2D eigenvalue weighted by Crippen LogP contribution is -2.60. The summed E-state index contributed by atoms with van der Waals surface area (Å²) in [5.74, 6) is -0.718. The van der Waals surface area contributed by atoms with Gasteiger partial charge in [0.1, 0.15) is 36.6 Å². The molecule has 0 bridgehead atoms. The number of carbonyl (C=O) groups excluding carboxylic acids is 1. The normalized spacial score (nSPS) is 20.3. The van der Waals surface area contributed by atoms with Crippen LogP contribution in [0.4, 0.5) is 0 Å². The molecule has 11 nitrogen and oxygen atoms in total. The van der Waals surface area contributed by atoms with Crippen molar-refractivity contribution >= 4 is 5.91 Å². The van der Waals surface area contributed by atoms with E-state index in [0.717, 1.165) is 70.6 Å². The number of unbranched alkanes of at least 4 members (excludes halogenated alkanes) is 32. The molecule has 0 aliphatic carbocycles. The zero-order valence-electron chi connectivity index (χ0n) is 46.9. The van der Waals surface area contributed by atoms with E-state index < -0.39 is 74.2 Å². The minimum absolute atomic E-state index is 0.239. The first-order chi connectivity index (χ1) is 35.7. The Morgan fingerprint density at radius 2 is 0.822 bits per heavy atom. The Bertz CT molecular complexity index is 1320. The molecule has 0 aromatic carbocycles. The van der Waals surface area contributed by atoms with Gasteiger partial charge >= 0.3 is 0 Å². The van der Waals surface area contributed by atoms with Crippen molar-refractivity contribution in [3.8, 4) is 0 Å². The van der Waals surface area contributed by atoms with Gasteiger partial charge in [0, 0.05) is 0 Å². The third kappa shape index (κ3) is 39.1. The molecule has 0 saturated carbocycles. The van der Waals surface area contributed by atoms with E-state index in [1.165, 1.54) is 154 Å². The molecule has 0 radical (unpaired) electrons. The summed E-state index contributed by atoms with van der Waals surface area (Å²) in [5, 5.41) is 76.0. The van der Waals surface area contributed by atoms with E-state index in [9.17, 15) is 40.5 Å². The topological polar surface area (TPSA) is 189 Å². The van der Waals surface area contributed by atoms with Crippen LogP contribution in [0, 0.1) is 0 Å². The predicted octanol–water partition coefficient (Wildman–Crippen LogP) is 13.2. The first-order valence-corrected chi connectivity index (χ1v) is 30.5. The number of aliphatic hydroxyl groups excluding tert-OH is 7. The van der Waals surface area contributed by atoms with Crippen molar-refractivity contribution in [3.63, 3.8) is 0 Å². The second kappa shape index (κ2) is 50.9. The molecule has 1 aliphatic heterocycles. The number of ether oxygens (including phenoxy) is 2. The molecule has 11 heteroatoms. The zero-order valence-corrected chi connectivity index (χ0v) is 46.9. The van der Waals surface area contributed by atoms with Crippen molar-refractivity contribution in [1.29, 1.82) is 0 Å². The third-order valence-corrected chi connectivity index (χ3v) is 14.6. The van der Waals surface area contributed by atoms with Crippen molar-refractivity contribution in [2.45, 2.75) is 326 Å². The molecule has 9 unspecified atom stereocenters. The monoisotopic (exact) mass is 1030 g/mol. The number of hydrogen-bond acceptors (Lipinski definition) is 10. The molecule has 1 fully saturated rings. The van der Waals surface area contributed by atoms with Gasteiger partial charge < -0.3 is 50.5 Å². The second-order valence-corrected chi connectivity index (χ2v) is 21.4. The lowest BCUT2D eigenvalue weighted by atomic mass is 9.98. The molecule has 0 spiro atoms. The fourth-order valence-electron chi connectivity index (χ4n) is 9.59. The number of amides is 1. The van der Waals surface area contributed by atoms with Gasteiger partial charge in [0.2, 0.25) is 5.91 Å². The van der Waals surface area contributed by atoms with Gasteiger partial charge in [-0.25, -0.2) is 0 Å². The van der Waals surface area contributed by atoms with Crippen LogP contribution in [0.1, 0.15) is 271 Å². The van der Waals surface area contributed by atoms with Crippen LogP contribution < -0.4 is 5.32 Å². The average Bonchev–Trinajstić information content (AvgIpc) is 3.39. The van der Waals surface area contributed by atoms with E-state index >= 15 is 0 Å². The maximum absolute atomic E-state index is 13.1. The Hall–Kier alpha value is -1.93. The van der Waals surface area contributed by atoms with E-state index in [4.69, 9.17) is 9.47 Å². The van der Waals surface area contributed by atoms with E-state index in [1.807, 2.05) is 0 Å². The maximum Gasteiger partial charge on any atom is 0.249 e. The molecule has 1 rings (SSSR count). The summed E-state index contributed by atoms with van der Waals surface area (Å²) < 4.78 is 11.1. The average molecular weight is 1030 g/mol. The van der Waals surface area contributed by atoms with Gasteiger partial charge in [-0.15, -0.1) is 0 Å². The van der Waals surface area contributed by atoms with Crippen molar-refractivity contribution in [2.24, 2.45) is 0 Å². The second-order valence-electron chi connectivity index (χ2n) is 21.4. The number of carbonyl (C=O) groups is 1. The molecule has 73 heavy (non-hydrogen) atoms. The van der Waals surface area contributed by atoms with Crippen molar-refractivity contribution < 1.29 is 50.0 Å². The van der Waals surface area contributed by atoms with Crippen molar-refractivity contribution in [3.05, 3.63) is 48.6 Å². The molecule has 9 atom stereocenters. The van der Waals surface area contributed by atoms with Crippen molar-refractivity contribution in [2.75, 3.05) is 13.2 Å². The SMILES string of the molecule is CCCCCC/C=C\CCCCCCCCC(O)C(=O)NC(COC1OC(CO)C(O)C(O)C1O)C(O)C(O)CCC/C=C/CC/C=C/CC/C=C/CCCCCCCCCCCCCCCCCCCCC. The van der Waals surface area contributed by atoms with Gasteiger partial charge in [0.25, 0.3) is 0 Å². The van der Waals surface area contributed by atoms with E-state index in [0.29, 0.717) is 19.3 Å². The fourth-order valence-corrected chi connectivity index (χ4v) is 9.59. The van der Waals surface area contributed by atoms with Crippen molar-refractivity contribution in [1.82, 2.24) is 5.32 Å². The van der Waals surface area contributed by atoms with Crippen LogP contribution in [0.15, 0.2) is 48.6 Å². The largest absolute Gasteiger partial charge is 0.394 e. The van der Waals surface area contributed by atoms with Crippen LogP contribution in [0.3, 0.4) is 0 Å². The Morgan fingerprint density at radius 1 is 0.466 bits per heavy atom. The quantitative estimate of drug-likeness (QED) is 0.0215. The summed E-state index contributed by atoms with van der Waals surface area (Å²) in [6.45, 7) is 3.43. The number of aliphatic hydroxyl groups is 7. The highest BCUT2D eigenvalue weighted by molar-refractivity contribution is 5.80. The zero-order chi connectivity index (χ0) is 53.3. The molecular formula is C62H115NO10. The molecule has 1 aliphatic rings. The lowest BCUT2D eigenvalue weighted by molar-refractivity contribution is -0.303. The molecule has 8 N–H and O–H groups in total. The summed E-state index contributed by atoms with van der Waals surface area (Å²) in [6.07, 6.45) is 53.4. The molecule has 428 valence electrons. The Kier molecular flexibility index (Phi) is 48.1. The summed E-state index contributed by atoms with van der Waals surface area (Å²) in [5.41, 5.74) is 0. The van der Waals surface area contributed by atoms with Crippen LogP contribution in [-0.2, 0) is 14.3 Å². The highest BCUT2D eigenvalue weighted by atomic mass is 16.7. The first-order valence-electron chi connectivity index (χ1n) is 30.5. The van der Waals surface area contributed by atoms with E-state index in [-0.39, 0.29) is 12.8 Å². The van der Waals surface area contributed by atoms with E-state index in [2.05, 4.69) is 67.8 Å². The number of nitrogens with one attached hydrogen (secondary N) is 1. The highest BCUT2D eigenvalue weighted by Gasteiger charge is 2.44. The molecule has 0 aromatic heterocycles.